The first kappa shape index (κ1) is 23.3. The molecule has 4 aromatic carbocycles. The summed E-state index contributed by atoms with van der Waals surface area (Å²) in [4.78, 5) is 2.28. The molecule has 0 saturated heterocycles. The molecule has 0 radical (unpaired) electrons. The van der Waals surface area contributed by atoms with Gasteiger partial charge in [0.2, 0.25) is 0 Å². The summed E-state index contributed by atoms with van der Waals surface area (Å²) in [5.74, 6) is 0. The van der Waals surface area contributed by atoms with Gasteiger partial charge in [-0.2, -0.15) is 24.3 Å². The van der Waals surface area contributed by atoms with Crippen LogP contribution in [0.3, 0.4) is 0 Å². The molecule has 4 aromatic rings. The Balaban J connectivity index is 0.000000437. The summed E-state index contributed by atoms with van der Waals surface area (Å²) in [6, 6.07) is 39.0. The Morgan fingerprint density at radius 2 is 1.28 bits per heavy atom. The minimum absolute atomic E-state index is 0. The molecule has 0 aliphatic heterocycles. The van der Waals surface area contributed by atoms with Gasteiger partial charge in [0.25, 0.3) is 0 Å². The summed E-state index contributed by atoms with van der Waals surface area (Å²) in [5.41, 5.74) is 1.44. The maximum Gasteiger partial charge on any atom is 2.00 e. The maximum absolute atomic E-state index is 2.31. The summed E-state index contributed by atoms with van der Waals surface area (Å²) in [6.07, 6.45) is 0. The SMILES string of the molecule is C[C@@H]([c-]1cccc1P(c1ccccc1)c1ccccc1)N(C)C.[Fe+2].c1cc[cH-]c1. The van der Waals surface area contributed by atoms with Crippen molar-refractivity contribution in [1.29, 1.82) is 0 Å². The van der Waals surface area contributed by atoms with Gasteiger partial charge < -0.3 is 4.90 Å². The first-order valence-corrected chi connectivity index (χ1v) is 11.0. The minimum atomic E-state index is -0.514. The van der Waals surface area contributed by atoms with Gasteiger partial charge in [-0.25, -0.2) is 24.3 Å². The fourth-order valence-corrected chi connectivity index (χ4v) is 5.71. The average molecular weight is 441 g/mol. The fourth-order valence-electron chi connectivity index (χ4n) is 3.16. The quantitative estimate of drug-likeness (QED) is 0.234. The maximum atomic E-state index is 2.31. The van der Waals surface area contributed by atoms with E-state index in [0.717, 1.165) is 0 Å². The molecule has 1 atom stereocenters. The predicted molar refractivity (Wildman–Crippen MR) is 125 cm³/mol. The Morgan fingerprint density at radius 1 is 0.759 bits per heavy atom. The zero-order valence-electron chi connectivity index (χ0n) is 17.2. The van der Waals surface area contributed by atoms with Gasteiger partial charge in [0.1, 0.15) is 0 Å². The first-order chi connectivity index (χ1) is 13.7. The van der Waals surface area contributed by atoms with Gasteiger partial charge in [-0.05, 0) is 38.7 Å². The third-order valence-electron chi connectivity index (χ3n) is 4.88. The second-order valence-electron chi connectivity index (χ2n) is 6.97. The van der Waals surface area contributed by atoms with Crippen LogP contribution >= 0.6 is 7.92 Å². The average Bonchev–Trinajstić information content (AvgIpc) is 3.45. The largest absolute Gasteiger partial charge is 2.00 e. The first-order valence-electron chi connectivity index (χ1n) is 9.67. The molecule has 0 fully saturated rings. The van der Waals surface area contributed by atoms with E-state index < -0.39 is 7.92 Å². The Morgan fingerprint density at radius 3 is 1.69 bits per heavy atom. The van der Waals surface area contributed by atoms with E-state index >= 15 is 0 Å². The Kier molecular flexibility index (Phi) is 9.58. The minimum Gasteiger partial charge on any atom is -0.314 e. The smallest absolute Gasteiger partial charge is 0.314 e. The van der Waals surface area contributed by atoms with Crippen LogP contribution in [0.25, 0.3) is 0 Å². The van der Waals surface area contributed by atoms with Crippen molar-refractivity contribution < 1.29 is 17.1 Å². The van der Waals surface area contributed by atoms with Crippen LogP contribution in [0.4, 0.5) is 0 Å². The van der Waals surface area contributed by atoms with E-state index in [-0.39, 0.29) is 17.1 Å². The van der Waals surface area contributed by atoms with Gasteiger partial charge in [-0.3, -0.25) is 0 Å². The van der Waals surface area contributed by atoms with E-state index in [1.54, 1.807) is 0 Å². The predicted octanol–water partition coefficient (Wildman–Crippen LogP) is 5.19. The zero-order valence-corrected chi connectivity index (χ0v) is 19.2. The molecule has 0 spiro atoms. The van der Waals surface area contributed by atoms with E-state index in [0.29, 0.717) is 6.04 Å². The van der Waals surface area contributed by atoms with Gasteiger partial charge in [-0.15, -0.1) is 10.9 Å². The van der Waals surface area contributed by atoms with Crippen molar-refractivity contribution in [1.82, 2.24) is 4.90 Å². The third-order valence-corrected chi connectivity index (χ3v) is 7.39. The van der Waals surface area contributed by atoms with Crippen LogP contribution in [0.15, 0.2) is 109 Å². The van der Waals surface area contributed by atoms with Crippen LogP contribution in [-0.2, 0) is 17.1 Å². The van der Waals surface area contributed by atoms with Crippen LogP contribution in [0.2, 0.25) is 0 Å². The summed E-state index contributed by atoms with van der Waals surface area (Å²) in [7, 11) is 3.78. The van der Waals surface area contributed by atoms with E-state index in [2.05, 4.69) is 105 Å². The van der Waals surface area contributed by atoms with E-state index in [4.69, 9.17) is 0 Å². The summed E-state index contributed by atoms with van der Waals surface area (Å²) in [6.45, 7) is 2.28. The van der Waals surface area contributed by atoms with Crippen molar-refractivity contribution in [3.8, 4) is 0 Å². The molecular formula is C26H28FeNP. The Bertz CT molecular complexity index is 857. The topological polar surface area (TPSA) is 3.24 Å². The molecule has 29 heavy (non-hydrogen) atoms. The van der Waals surface area contributed by atoms with Gasteiger partial charge in [0, 0.05) is 0 Å². The zero-order chi connectivity index (χ0) is 19.8. The molecule has 0 unspecified atom stereocenters. The molecule has 4 rings (SSSR count). The molecule has 0 amide bonds. The van der Waals surface area contributed by atoms with Crippen LogP contribution in [0.1, 0.15) is 18.5 Å². The number of hydrogen-bond donors (Lipinski definition) is 0. The van der Waals surface area contributed by atoms with Crippen molar-refractivity contribution in [2.45, 2.75) is 13.0 Å². The standard InChI is InChI=1S/C21H23NP.C5H5.Fe/c1-17(22(2)3)20-15-10-16-21(20)23(18-11-6-4-7-12-18)19-13-8-5-9-14-19;1-2-4-5-3-1;/h4-17H,1-3H3;1-5H;/q2*-1;+2/t17-;;/m0../s1. The third kappa shape index (κ3) is 6.26. The Labute approximate surface area is 187 Å². The van der Waals surface area contributed by atoms with Crippen LogP contribution in [0.5, 0.6) is 0 Å². The van der Waals surface area contributed by atoms with E-state index in [1.807, 2.05) is 30.3 Å². The number of rotatable bonds is 5. The fraction of sp³-hybridized carbons (Fsp3) is 0.154. The van der Waals surface area contributed by atoms with E-state index in [9.17, 15) is 0 Å². The molecular weight excluding hydrogens is 413 g/mol. The van der Waals surface area contributed by atoms with Crippen molar-refractivity contribution >= 4 is 23.8 Å². The van der Waals surface area contributed by atoms with Crippen LogP contribution in [-0.4, -0.2) is 19.0 Å². The molecule has 0 bridgehead atoms. The van der Waals surface area contributed by atoms with Gasteiger partial charge in [-0.1, -0.05) is 67.6 Å². The molecule has 0 aromatic heterocycles. The molecule has 1 nitrogen and oxygen atoms in total. The molecule has 0 aliphatic carbocycles. The monoisotopic (exact) mass is 441 g/mol. The van der Waals surface area contributed by atoms with Crippen LogP contribution in [0, 0.1) is 0 Å². The Hall–Kier alpha value is -1.95. The summed E-state index contributed by atoms with van der Waals surface area (Å²) < 4.78 is 0. The van der Waals surface area contributed by atoms with Crippen molar-refractivity contribution in [2.75, 3.05) is 14.1 Å². The molecule has 150 valence electrons. The van der Waals surface area contributed by atoms with Gasteiger partial charge in [0.05, 0.1) is 0 Å². The van der Waals surface area contributed by atoms with Crippen molar-refractivity contribution in [2.24, 2.45) is 0 Å². The van der Waals surface area contributed by atoms with Gasteiger partial charge >= 0.3 is 17.1 Å². The van der Waals surface area contributed by atoms with Gasteiger partial charge in [0.15, 0.2) is 0 Å². The number of hydrogen-bond acceptors (Lipinski definition) is 1. The second-order valence-corrected chi connectivity index (χ2v) is 9.16. The number of nitrogens with zero attached hydrogens (tertiary/aromatic N) is 1. The molecule has 3 heteroatoms. The van der Waals surface area contributed by atoms with Crippen LogP contribution < -0.4 is 15.9 Å². The van der Waals surface area contributed by atoms with Crippen molar-refractivity contribution in [3.05, 3.63) is 115 Å². The summed E-state index contributed by atoms with van der Waals surface area (Å²) >= 11 is 0. The molecule has 0 N–H and O–H groups in total. The molecule has 0 heterocycles. The second kappa shape index (κ2) is 11.9. The normalized spacial score (nSPS) is 11.5. The number of benzene rings is 2. The van der Waals surface area contributed by atoms with Crippen molar-refractivity contribution in [3.63, 3.8) is 0 Å². The molecule has 0 aliphatic rings. The summed E-state index contributed by atoms with van der Waals surface area (Å²) in [5, 5.41) is 4.29. The van der Waals surface area contributed by atoms with E-state index in [1.165, 1.54) is 21.5 Å². The molecule has 0 saturated carbocycles.